The van der Waals surface area contributed by atoms with Gasteiger partial charge in [0, 0.05) is 28.7 Å². The van der Waals surface area contributed by atoms with Crippen molar-refractivity contribution in [3.05, 3.63) is 88.7 Å². The van der Waals surface area contributed by atoms with Crippen LogP contribution < -0.4 is 14.2 Å². The largest absolute Gasteiger partial charge is 0.492 e. The summed E-state index contributed by atoms with van der Waals surface area (Å²) in [5, 5.41) is 0. The van der Waals surface area contributed by atoms with Crippen LogP contribution in [-0.4, -0.2) is 32.9 Å². The standard InChI is InChI=1S/C31H29FO6/c1-34-30(33)16-21-18-36-29-17-23(6-7-24(21)29)38-28-10-8-25-27(11-9-26(32)31(25)28)37-22-4-2-19(3-5-22)20-12-14-35-15-13-20/h2-7,9,11-12,17,21,28H,8,10,13-16,18H2,1H3/t21-,28-/m1/s1. The van der Waals surface area contributed by atoms with Crippen LogP contribution in [0.3, 0.4) is 0 Å². The first-order valence-corrected chi connectivity index (χ1v) is 13.0. The van der Waals surface area contributed by atoms with Crippen LogP contribution in [0.25, 0.3) is 5.57 Å². The van der Waals surface area contributed by atoms with E-state index >= 15 is 4.39 Å². The van der Waals surface area contributed by atoms with Gasteiger partial charge < -0.3 is 23.7 Å². The molecule has 3 aliphatic rings. The maximum atomic E-state index is 15.0. The van der Waals surface area contributed by atoms with Gasteiger partial charge in [0.2, 0.25) is 0 Å². The molecule has 2 atom stereocenters. The Morgan fingerprint density at radius 1 is 1.05 bits per heavy atom. The molecule has 0 amide bonds. The molecule has 0 unspecified atom stereocenters. The number of benzene rings is 3. The molecule has 1 aliphatic carbocycles. The zero-order valence-electron chi connectivity index (χ0n) is 21.2. The molecule has 0 saturated heterocycles. The lowest BCUT2D eigenvalue weighted by Gasteiger charge is -2.18. The average Bonchev–Trinajstić information content (AvgIpc) is 3.56. The maximum Gasteiger partial charge on any atom is 0.306 e. The number of ether oxygens (including phenoxy) is 5. The molecule has 0 radical (unpaired) electrons. The van der Waals surface area contributed by atoms with Gasteiger partial charge in [-0.25, -0.2) is 4.39 Å². The van der Waals surface area contributed by atoms with E-state index in [0.717, 1.165) is 29.7 Å². The number of carbonyl (C=O) groups is 1. The minimum Gasteiger partial charge on any atom is -0.492 e. The van der Waals surface area contributed by atoms with E-state index in [1.165, 1.54) is 18.7 Å². The first kappa shape index (κ1) is 24.5. The molecule has 0 fully saturated rings. The lowest BCUT2D eigenvalue weighted by molar-refractivity contribution is -0.141. The number of hydrogen-bond acceptors (Lipinski definition) is 6. The Morgan fingerprint density at radius 3 is 2.68 bits per heavy atom. The second kappa shape index (κ2) is 10.5. The van der Waals surface area contributed by atoms with Crippen LogP contribution in [0.15, 0.2) is 60.7 Å². The van der Waals surface area contributed by atoms with Gasteiger partial charge in [0.25, 0.3) is 0 Å². The summed E-state index contributed by atoms with van der Waals surface area (Å²) in [6.07, 6.45) is 4.15. The third kappa shape index (κ3) is 4.86. The summed E-state index contributed by atoms with van der Waals surface area (Å²) < 4.78 is 43.5. The minimum atomic E-state index is -0.429. The van der Waals surface area contributed by atoms with Crippen LogP contribution in [0, 0.1) is 5.82 Å². The molecule has 196 valence electrons. The number of halogens is 1. The summed E-state index contributed by atoms with van der Waals surface area (Å²) >= 11 is 0. The Hall–Kier alpha value is -3.84. The molecule has 3 aromatic rings. The molecule has 6 rings (SSSR count). The van der Waals surface area contributed by atoms with Crippen LogP contribution in [0.1, 0.15) is 53.5 Å². The quantitative estimate of drug-likeness (QED) is 0.333. The fraction of sp³-hybridized carbons (Fsp3) is 0.323. The third-order valence-corrected chi connectivity index (χ3v) is 7.44. The van der Waals surface area contributed by atoms with E-state index in [9.17, 15) is 4.79 Å². The summed E-state index contributed by atoms with van der Waals surface area (Å²) in [6, 6.07) is 16.7. The Morgan fingerprint density at radius 2 is 1.89 bits per heavy atom. The molecule has 3 aromatic carbocycles. The zero-order chi connectivity index (χ0) is 26.1. The highest BCUT2D eigenvalue weighted by Gasteiger charge is 2.32. The topological polar surface area (TPSA) is 63.2 Å². The van der Waals surface area contributed by atoms with E-state index in [2.05, 4.69) is 6.08 Å². The number of rotatable bonds is 7. The van der Waals surface area contributed by atoms with Crippen molar-refractivity contribution in [1.82, 2.24) is 0 Å². The van der Waals surface area contributed by atoms with E-state index in [1.807, 2.05) is 42.5 Å². The van der Waals surface area contributed by atoms with Gasteiger partial charge in [-0.3, -0.25) is 4.79 Å². The van der Waals surface area contributed by atoms with Gasteiger partial charge in [0.15, 0.2) is 0 Å². The molecular formula is C31H29FO6. The van der Waals surface area contributed by atoms with Gasteiger partial charge in [0.1, 0.15) is 34.9 Å². The van der Waals surface area contributed by atoms with Crippen molar-refractivity contribution in [3.8, 4) is 23.0 Å². The number of esters is 1. The van der Waals surface area contributed by atoms with E-state index in [1.54, 1.807) is 6.07 Å². The number of fused-ring (bicyclic) bond motifs is 2. The Kier molecular flexibility index (Phi) is 6.77. The van der Waals surface area contributed by atoms with E-state index < -0.39 is 6.10 Å². The highest BCUT2D eigenvalue weighted by atomic mass is 19.1. The summed E-state index contributed by atoms with van der Waals surface area (Å²) in [4.78, 5) is 11.7. The first-order valence-electron chi connectivity index (χ1n) is 13.0. The van der Waals surface area contributed by atoms with Gasteiger partial charge in [-0.1, -0.05) is 24.3 Å². The summed E-state index contributed by atoms with van der Waals surface area (Å²) in [7, 11) is 1.38. The van der Waals surface area contributed by atoms with Gasteiger partial charge >= 0.3 is 5.97 Å². The van der Waals surface area contributed by atoms with Crippen LogP contribution in [0.4, 0.5) is 4.39 Å². The van der Waals surface area contributed by atoms with Crippen molar-refractivity contribution in [2.75, 3.05) is 26.9 Å². The lowest BCUT2D eigenvalue weighted by Crippen LogP contribution is -2.09. The first-order chi connectivity index (χ1) is 18.6. The van der Waals surface area contributed by atoms with Crippen molar-refractivity contribution >= 4 is 11.5 Å². The summed E-state index contributed by atoms with van der Waals surface area (Å²) in [5.41, 5.74) is 4.77. The van der Waals surface area contributed by atoms with Crippen molar-refractivity contribution in [2.45, 2.75) is 37.7 Å². The fourth-order valence-corrected chi connectivity index (χ4v) is 5.46. The van der Waals surface area contributed by atoms with Crippen molar-refractivity contribution < 1.29 is 32.9 Å². The van der Waals surface area contributed by atoms with Crippen LogP contribution >= 0.6 is 0 Å². The van der Waals surface area contributed by atoms with Crippen LogP contribution in [-0.2, 0) is 20.7 Å². The van der Waals surface area contributed by atoms with E-state index in [4.69, 9.17) is 23.7 Å². The second-order valence-corrected chi connectivity index (χ2v) is 9.75. The highest BCUT2D eigenvalue weighted by molar-refractivity contribution is 5.71. The van der Waals surface area contributed by atoms with Crippen molar-refractivity contribution in [1.29, 1.82) is 0 Å². The monoisotopic (exact) mass is 516 g/mol. The molecule has 0 spiro atoms. The molecule has 7 heteroatoms. The zero-order valence-corrected chi connectivity index (χ0v) is 21.2. The normalized spacial score (nSPS) is 19.7. The summed E-state index contributed by atoms with van der Waals surface area (Å²) in [5.74, 6) is 2.03. The number of methoxy groups -OCH3 is 1. The third-order valence-electron chi connectivity index (χ3n) is 7.44. The predicted molar refractivity (Wildman–Crippen MR) is 139 cm³/mol. The fourth-order valence-electron chi connectivity index (χ4n) is 5.46. The molecule has 6 nitrogen and oxygen atoms in total. The molecule has 2 aliphatic heterocycles. The highest BCUT2D eigenvalue weighted by Crippen LogP contribution is 2.44. The van der Waals surface area contributed by atoms with Crippen LogP contribution in [0.5, 0.6) is 23.0 Å². The van der Waals surface area contributed by atoms with Gasteiger partial charge in [-0.05, 0) is 60.7 Å². The van der Waals surface area contributed by atoms with E-state index in [-0.39, 0.29) is 24.1 Å². The molecule has 2 heterocycles. The van der Waals surface area contributed by atoms with E-state index in [0.29, 0.717) is 54.6 Å². The van der Waals surface area contributed by atoms with Gasteiger partial charge in [-0.2, -0.15) is 0 Å². The molecular weight excluding hydrogens is 487 g/mol. The average molecular weight is 517 g/mol. The smallest absolute Gasteiger partial charge is 0.306 e. The molecule has 38 heavy (non-hydrogen) atoms. The predicted octanol–water partition coefficient (Wildman–Crippen LogP) is 6.53. The molecule has 0 saturated carbocycles. The number of hydrogen-bond donors (Lipinski definition) is 0. The SMILES string of the molecule is COC(=O)C[C@@H]1COc2cc(O[C@@H]3CCc4c(Oc5ccc(C6=CCOCC6)cc5)ccc(F)c43)ccc21. The minimum absolute atomic E-state index is 0.0432. The maximum absolute atomic E-state index is 15.0. The van der Waals surface area contributed by atoms with Gasteiger partial charge in [-0.15, -0.1) is 0 Å². The molecule has 0 bridgehead atoms. The van der Waals surface area contributed by atoms with Crippen molar-refractivity contribution in [3.63, 3.8) is 0 Å². The van der Waals surface area contributed by atoms with Gasteiger partial charge in [0.05, 0.1) is 33.4 Å². The van der Waals surface area contributed by atoms with Crippen molar-refractivity contribution in [2.24, 2.45) is 0 Å². The lowest BCUT2D eigenvalue weighted by atomic mass is 9.98. The van der Waals surface area contributed by atoms with Crippen LogP contribution in [0.2, 0.25) is 0 Å². The molecule has 0 N–H and O–H groups in total. The number of carbonyl (C=O) groups excluding carboxylic acids is 1. The second-order valence-electron chi connectivity index (χ2n) is 9.75. The Labute approximate surface area is 220 Å². The Balaban J connectivity index is 1.18. The summed E-state index contributed by atoms with van der Waals surface area (Å²) in [6.45, 7) is 1.80. The Bertz CT molecular complexity index is 1380. The molecule has 0 aromatic heterocycles.